The van der Waals surface area contributed by atoms with Crippen molar-refractivity contribution in [3.8, 4) is 0 Å². The first-order chi connectivity index (χ1) is 18.4. The highest BCUT2D eigenvalue weighted by atomic mass is 35.5. The fourth-order valence-corrected chi connectivity index (χ4v) is 5.54. The largest absolute Gasteiger partial charge is 0.382 e. The molecular formula is C26H38Cl2N8O2. The molecule has 3 heterocycles. The number of halogens is 2. The Bertz CT molecular complexity index is 1060. The predicted octanol–water partition coefficient (Wildman–Crippen LogP) is 2.43. The van der Waals surface area contributed by atoms with Crippen LogP contribution in [0.15, 0.2) is 24.3 Å². The van der Waals surface area contributed by atoms with Crippen LogP contribution in [0, 0.1) is 0 Å². The zero-order valence-corrected chi connectivity index (χ0v) is 23.6. The molecule has 2 fully saturated rings. The monoisotopic (exact) mass is 564 g/mol. The van der Waals surface area contributed by atoms with E-state index in [0.29, 0.717) is 24.2 Å². The lowest BCUT2D eigenvalue weighted by Gasteiger charge is -2.47. The Hall–Kier alpha value is -2.50. The van der Waals surface area contributed by atoms with Gasteiger partial charge in [0.1, 0.15) is 6.29 Å². The molecule has 38 heavy (non-hydrogen) atoms. The number of nitrogens with one attached hydrogen (secondary N) is 1. The minimum absolute atomic E-state index is 0.00124. The van der Waals surface area contributed by atoms with Gasteiger partial charge in [-0.05, 0) is 57.1 Å². The van der Waals surface area contributed by atoms with E-state index in [2.05, 4.69) is 54.8 Å². The number of rotatable bonds is 8. The van der Waals surface area contributed by atoms with Gasteiger partial charge in [0.2, 0.25) is 0 Å². The average molecular weight is 566 g/mol. The molecule has 2 saturated heterocycles. The zero-order valence-electron chi connectivity index (χ0n) is 22.1. The van der Waals surface area contributed by atoms with Gasteiger partial charge in [-0.25, -0.2) is 9.97 Å². The molecule has 0 bridgehead atoms. The van der Waals surface area contributed by atoms with E-state index in [4.69, 9.17) is 28.9 Å². The number of carbonyl (C=O) groups is 2. The highest BCUT2D eigenvalue weighted by Crippen LogP contribution is 2.30. The molecule has 4 rings (SSSR count). The molecule has 1 unspecified atom stereocenters. The maximum atomic E-state index is 12.2. The second-order valence-corrected chi connectivity index (χ2v) is 10.1. The van der Waals surface area contributed by atoms with Crippen molar-refractivity contribution in [3.05, 3.63) is 45.7 Å². The number of anilines is 2. The Morgan fingerprint density at radius 2 is 1.79 bits per heavy atom. The van der Waals surface area contributed by atoms with Gasteiger partial charge in [0, 0.05) is 43.3 Å². The second-order valence-electron chi connectivity index (χ2n) is 9.33. The normalized spacial score (nSPS) is 19.0. The van der Waals surface area contributed by atoms with Crippen LogP contribution in [0.2, 0.25) is 10.2 Å². The number of aldehydes is 1. The second kappa shape index (κ2) is 14.6. The van der Waals surface area contributed by atoms with E-state index in [9.17, 15) is 9.59 Å². The Morgan fingerprint density at radius 3 is 2.42 bits per heavy atom. The maximum Gasteiger partial charge on any atom is 0.274 e. The summed E-state index contributed by atoms with van der Waals surface area (Å²) in [5.74, 6) is -0.0717. The molecule has 1 amide bonds. The van der Waals surface area contributed by atoms with Gasteiger partial charge < -0.3 is 26.5 Å². The molecule has 2 aromatic rings. The number of hydrogen-bond acceptors (Lipinski definition) is 9. The van der Waals surface area contributed by atoms with E-state index in [1.807, 2.05) is 12.1 Å². The molecule has 0 aliphatic carbocycles. The number of amides is 1. The lowest BCUT2D eigenvalue weighted by atomic mass is 9.98. The average Bonchev–Trinajstić information content (AvgIpc) is 2.95. The third-order valence-electron chi connectivity index (χ3n) is 7.07. The van der Waals surface area contributed by atoms with Crippen molar-refractivity contribution in [1.82, 2.24) is 25.1 Å². The van der Waals surface area contributed by atoms with Crippen LogP contribution in [0.4, 0.5) is 11.6 Å². The van der Waals surface area contributed by atoms with Crippen molar-refractivity contribution < 1.29 is 9.59 Å². The standard InChI is InChI=1S/C25H33Cl2N7O2.CH5N/c1-2-19-16-33(24-22(27)30-21(23(28)31-24)25(36)29-9-14-35)12-13-34(19)20-7-10-32(11-8-20)15-17-3-5-18(26)6-4-17;1-2/h3-6,14,19-20H,2,7-13,15-16H2,1H3,(H2,28,31)(H,29,36);2H2,1H3. The molecule has 208 valence electrons. The quantitative estimate of drug-likeness (QED) is 0.413. The number of hydrogen-bond donors (Lipinski definition) is 3. The number of piperazine rings is 1. The van der Waals surface area contributed by atoms with Gasteiger partial charge in [-0.1, -0.05) is 42.3 Å². The molecule has 12 heteroatoms. The first kappa shape index (κ1) is 30.0. The van der Waals surface area contributed by atoms with E-state index in [-0.39, 0.29) is 23.2 Å². The van der Waals surface area contributed by atoms with Crippen molar-refractivity contribution in [1.29, 1.82) is 0 Å². The predicted molar refractivity (Wildman–Crippen MR) is 153 cm³/mol. The van der Waals surface area contributed by atoms with Gasteiger partial charge in [0.05, 0.1) is 6.54 Å². The van der Waals surface area contributed by atoms with Crippen molar-refractivity contribution in [2.75, 3.05) is 56.9 Å². The summed E-state index contributed by atoms with van der Waals surface area (Å²) in [7, 11) is 1.50. The summed E-state index contributed by atoms with van der Waals surface area (Å²) in [5, 5.41) is 3.33. The first-order valence-corrected chi connectivity index (χ1v) is 13.7. The Balaban J connectivity index is 0.00000195. The molecule has 2 aliphatic rings. The van der Waals surface area contributed by atoms with Crippen LogP contribution in [0.1, 0.15) is 42.2 Å². The smallest absolute Gasteiger partial charge is 0.274 e. The van der Waals surface area contributed by atoms with Crippen LogP contribution >= 0.6 is 23.2 Å². The van der Waals surface area contributed by atoms with Crippen molar-refractivity contribution >= 4 is 47.0 Å². The van der Waals surface area contributed by atoms with E-state index < -0.39 is 5.91 Å². The number of carbonyl (C=O) groups excluding carboxylic acids is 2. The lowest BCUT2D eigenvalue weighted by molar-refractivity contribution is -0.107. The number of nitrogen functional groups attached to an aromatic ring is 1. The van der Waals surface area contributed by atoms with Crippen LogP contribution in [0.25, 0.3) is 0 Å². The summed E-state index contributed by atoms with van der Waals surface area (Å²) in [6.45, 7) is 7.61. The van der Waals surface area contributed by atoms with Gasteiger partial charge in [0.15, 0.2) is 22.5 Å². The van der Waals surface area contributed by atoms with Gasteiger partial charge >= 0.3 is 0 Å². The molecule has 1 atom stereocenters. The van der Waals surface area contributed by atoms with Crippen LogP contribution in [0.5, 0.6) is 0 Å². The highest BCUT2D eigenvalue weighted by Gasteiger charge is 2.34. The molecule has 1 aromatic carbocycles. The van der Waals surface area contributed by atoms with Crippen LogP contribution < -0.4 is 21.7 Å². The minimum atomic E-state index is -0.570. The summed E-state index contributed by atoms with van der Waals surface area (Å²) in [4.78, 5) is 38.6. The van der Waals surface area contributed by atoms with Crippen molar-refractivity contribution in [2.24, 2.45) is 5.73 Å². The molecule has 5 N–H and O–H groups in total. The molecule has 10 nitrogen and oxygen atoms in total. The van der Waals surface area contributed by atoms with E-state index in [0.717, 1.165) is 63.6 Å². The number of piperidine rings is 1. The number of benzene rings is 1. The van der Waals surface area contributed by atoms with Gasteiger partial charge in [-0.3, -0.25) is 14.6 Å². The fraction of sp³-hybridized carbons (Fsp3) is 0.538. The van der Waals surface area contributed by atoms with Crippen molar-refractivity contribution in [2.45, 2.75) is 44.8 Å². The topological polar surface area (TPSA) is 134 Å². The Kier molecular flexibility index (Phi) is 11.5. The zero-order chi connectivity index (χ0) is 27.7. The van der Waals surface area contributed by atoms with Crippen LogP contribution in [0.3, 0.4) is 0 Å². The van der Waals surface area contributed by atoms with E-state index >= 15 is 0 Å². The van der Waals surface area contributed by atoms with Crippen LogP contribution in [-0.2, 0) is 11.3 Å². The Labute approximate surface area is 234 Å². The van der Waals surface area contributed by atoms with Gasteiger partial charge in [-0.15, -0.1) is 0 Å². The highest BCUT2D eigenvalue weighted by molar-refractivity contribution is 6.32. The number of nitrogens with two attached hydrogens (primary N) is 2. The summed E-state index contributed by atoms with van der Waals surface area (Å²) in [6.07, 6.45) is 3.88. The number of nitrogens with zero attached hydrogens (tertiary/aromatic N) is 5. The Morgan fingerprint density at radius 1 is 1.11 bits per heavy atom. The van der Waals surface area contributed by atoms with Gasteiger partial charge in [-0.2, -0.15) is 0 Å². The third kappa shape index (κ3) is 7.54. The van der Waals surface area contributed by atoms with Gasteiger partial charge in [0.25, 0.3) is 5.91 Å². The molecule has 0 radical (unpaired) electrons. The lowest BCUT2D eigenvalue weighted by Crippen LogP contribution is -2.58. The van der Waals surface area contributed by atoms with E-state index in [1.165, 1.54) is 12.6 Å². The summed E-state index contributed by atoms with van der Waals surface area (Å²) in [6, 6.07) is 9.03. The van der Waals surface area contributed by atoms with E-state index in [1.54, 1.807) is 0 Å². The molecule has 2 aliphatic heterocycles. The fourth-order valence-electron chi connectivity index (χ4n) is 5.17. The number of likely N-dealkylation sites (tertiary alicyclic amines) is 1. The van der Waals surface area contributed by atoms with Crippen molar-refractivity contribution in [3.63, 3.8) is 0 Å². The van der Waals surface area contributed by atoms with Crippen LogP contribution in [-0.4, -0.2) is 90.4 Å². The molecular weight excluding hydrogens is 527 g/mol. The molecule has 1 aromatic heterocycles. The molecule has 0 spiro atoms. The molecule has 0 saturated carbocycles. The number of aromatic nitrogens is 2. The third-order valence-corrected chi connectivity index (χ3v) is 7.57. The summed E-state index contributed by atoms with van der Waals surface area (Å²) >= 11 is 12.5. The SMILES string of the molecule is CCC1CN(c2nc(N)c(C(=O)NCC=O)nc2Cl)CCN1C1CCN(Cc2ccc(Cl)cc2)CC1.CN. The minimum Gasteiger partial charge on any atom is -0.382 e. The summed E-state index contributed by atoms with van der Waals surface area (Å²) in [5.41, 5.74) is 11.8. The first-order valence-electron chi connectivity index (χ1n) is 13.0. The summed E-state index contributed by atoms with van der Waals surface area (Å²) < 4.78 is 0. The maximum absolute atomic E-state index is 12.2.